The summed E-state index contributed by atoms with van der Waals surface area (Å²) in [6.45, 7) is 7.18. The summed E-state index contributed by atoms with van der Waals surface area (Å²) in [6.07, 6.45) is 3.96. The van der Waals surface area contributed by atoms with Crippen molar-refractivity contribution >= 4 is 0 Å². The summed E-state index contributed by atoms with van der Waals surface area (Å²) in [5, 5.41) is 0. The molecule has 2 heteroatoms. The molecule has 0 radical (unpaired) electrons. The minimum absolute atomic E-state index is 0.792. The number of nitrogens with zero attached hydrogens (tertiary/aromatic N) is 2. The summed E-state index contributed by atoms with van der Waals surface area (Å²) in [5.74, 6) is 0. The van der Waals surface area contributed by atoms with E-state index < -0.39 is 0 Å². The standard InChI is InChI=1S/C11H24N2/c1-5-10(6-2)13-8-7-11(9-13)12(3)4/h10-11H,5-9H2,1-4H3/t11-/m1/s1. The van der Waals surface area contributed by atoms with Gasteiger partial charge in [0.05, 0.1) is 0 Å². The van der Waals surface area contributed by atoms with Crippen molar-refractivity contribution in [3.8, 4) is 0 Å². The van der Waals surface area contributed by atoms with E-state index in [1.165, 1.54) is 32.4 Å². The fourth-order valence-electron chi connectivity index (χ4n) is 2.33. The first-order chi connectivity index (χ1) is 6.19. The predicted octanol–water partition coefficient (Wildman–Crippen LogP) is 1.81. The predicted molar refractivity (Wildman–Crippen MR) is 58.0 cm³/mol. The lowest BCUT2D eigenvalue weighted by Gasteiger charge is -2.26. The van der Waals surface area contributed by atoms with Crippen LogP contribution in [-0.4, -0.2) is 49.1 Å². The fourth-order valence-corrected chi connectivity index (χ4v) is 2.33. The van der Waals surface area contributed by atoms with Gasteiger partial charge in [0.15, 0.2) is 0 Å². The number of hydrogen-bond donors (Lipinski definition) is 0. The van der Waals surface area contributed by atoms with Gasteiger partial charge in [0.25, 0.3) is 0 Å². The molecule has 0 aromatic rings. The molecule has 1 saturated heterocycles. The number of likely N-dealkylation sites (N-methyl/N-ethyl adjacent to an activating group) is 1. The Morgan fingerprint density at radius 3 is 2.31 bits per heavy atom. The van der Waals surface area contributed by atoms with E-state index in [0.717, 1.165) is 12.1 Å². The highest BCUT2D eigenvalue weighted by molar-refractivity contribution is 4.84. The molecule has 0 unspecified atom stereocenters. The highest BCUT2D eigenvalue weighted by Crippen LogP contribution is 2.19. The van der Waals surface area contributed by atoms with Crippen LogP contribution in [0.3, 0.4) is 0 Å². The maximum atomic E-state index is 2.66. The Balaban J connectivity index is 2.39. The smallest absolute Gasteiger partial charge is 0.0229 e. The van der Waals surface area contributed by atoms with Crippen LogP contribution in [0.25, 0.3) is 0 Å². The lowest BCUT2D eigenvalue weighted by atomic mass is 10.1. The SMILES string of the molecule is CCC(CC)N1CC[C@@H](N(C)C)C1. The van der Waals surface area contributed by atoms with Gasteiger partial charge in [-0.1, -0.05) is 13.8 Å². The van der Waals surface area contributed by atoms with Crippen LogP contribution >= 0.6 is 0 Å². The molecule has 0 aliphatic carbocycles. The lowest BCUT2D eigenvalue weighted by molar-refractivity contribution is 0.206. The molecule has 0 bridgehead atoms. The van der Waals surface area contributed by atoms with Crippen molar-refractivity contribution in [3.63, 3.8) is 0 Å². The Labute approximate surface area is 82.9 Å². The normalized spacial score (nSPS) is 24.9. The summed E-state index contributed by atoms with van der Waals surface area (Å²) in [4.78, 5) is 5.02. The van der Waals surface area contributed by atoms with Gasteiger partial charge in [0.2, 0.25) is 0 Å². The highest BCUT2D eigenvalue weighted by atomic mass is 15.2. The fraction of sp³-hybridized carbons (Fsp3) is 1.00. The topological polar surface area (TPSA) is 6.48 Å². The maximum Gasteiger partial charge on any atom is 0.0229 e. The third-order valence-electron chi connectivity index (χ3n) is 3.38. The molecule has 1 aliphatic rings. The van der Waals surface area contributed by atoms with Gasteiger partial charge in [0, 0.05) is 25.2 Å². The molecule has 13 heavy (non-hydrogen) atoms. The van der Waals surface area contributed by atoms with E-state index in [4.69, 9.17) is 0 Å². The molecule has 0 spiro atoms. The lowest BCUT2D eigenvalue weighted by Crippen LogP contribution is -2.36. The minimum Gasteiger partial charge on any atom is -0.305 e. The second-order valence-corrected chi connectivity index (χ2v) is 4.37. The first-order valence-electron chi connectivity index (χ1n) is 5.59. The molecule has 0 N–H and O–H groups in total. The molecular formula is C11H24N2. The largest absolute Gasteiger partial charge is 0.305 e. The molecule has 0 amide bonds. The number of rotatable bonds is 4. The average Bonchev–Trinajstić information content (AvgIpc) is 2.56. The van der Waals surface area contributed by atoms with Crippen LogP contribution in [0.15, 0.2) is 0 Å². The van der Waals surface area contributed by atoms with E-state index >= 15 is 0 Å². The first kappa shape index (κ1) is 11.0. The summed E-state index contributed by atoms with van der Waals surface area (Å²) >= 11 is 0. The van der Waals surface area contributed by atoms with Crippen LogP contribution in [0.5, 0.6) is 0 Å². The Hall–Kier alpha value is -0.0800. The van der Waals surface area contributed by atoms with Gasteiger partial charge in [0.1, 0.15) is 0 Å². The van der Waals surface area contributed by atoms with Crippen molar-refractivity contribution < 1.29 is 0 Å². The third-order valence-corrected chi connectivity index (χ3v) is 3.38. The summed E-state index contributed by atoms with van der Waals surface area (Å²) in [5.41, 5.74) is 0. The van der Waals surface area contributed by atoms with Gasteiger partial charge in [-0.2, -0.15) is 0 Å². The van der Waals surface area contributed by atoms with Crippen molar-refractivity contribution in [2.75, 3.05) is 27.2 Å². The Morgan fingerprint density at radius 1 is 1.31 bits per heavy atom. The van der Waals surface area contributed by atoms with Gasteiger partial charge in [-0.05, 0) is 33.4 Å². The highest BCUT2D eigenvalue weighted by Gasteiger charge is 2.27. The summed E-state index contributed by atoms with van der Waals surface area (Å²) in [7, 11) is 4.39. The van der Waals surface area contributed by atoms with Crippen LogP contribution in [0.4, 0.5) is 0 Å². The molecule has 78 valence electrons. The quantitative estimate of drug-likeness (QED) is 0.657. The Morgan fingerprint density at radius 2 is 1.92 bits per heavy atom. The molecule has 2 nitrogen and oxygen atoms in total. The van der Waals surface area contributed by atoms with E-state index in [1.807, 2.05) is 0 Å². The monoisotopic (exact) mass is 184 g/mol. The zero-order chi connectivity index (χ0) is 9.84. The zero-order valence-electron chi connectivity index (χ0n) is 9.58. The van der Waals surface area contributed by atoms with Gasteiger partial charge in [-0.15, -0.1) is 0 Å². The van der Waals surface area contributed by atoms with Gasteiger partial charge in [-0.3, -0.25) is 4.90 Å². The zero-order valence-corrected chi connectivity index (χ0v) is 9.58. The molecule has 1 aliphatic heterocycles. The van der Waals surface area contributed by atoms with E-state index in [1.54, 1.807) is 0 Å². The maximum absolute atomic E-state index is 2.66. The van der Waals surface area contributed by atoms with Gasteiger partial charge < -0.3 is 4.90 Å². The molecule has 0 aromatic carbocycles. The van der Waals surface area contributed by atoms with Crippen molar-refractivity contribution in [2.45, 2.75) is 45.2 Å². The van der Waals surface area contributed by atoms with E-state index in [0.29, 0.717) is 0 Å². The van der Waals surface area contributed by atoms with E-state index in [-0.39, 0.29) is 0 Å². The Kier molecular flexibility index (Phi) is 4.20. The van der Waals surface area contributed by atoms with Crippen LogP contribution in [0, 0.1) is 0 Å². The van der Waals surface area contributed by atoms with Gasteiger partial charge >= 0.3 is 0 Å². The minimum atomic E-state index is 0.792. The van der Waals surface area contributed by atoms with Crippen molar-refractivity contribution in [2.24, 2.45) is 0 Å². The number of hydrogen-bond acceptors (Lipinski definition) is 2. The van der Waals surface area contributed by atoms with Crippen LogP contribution in [0.2, 0.25) is 0 Å². The van der Waals surface area contributed by atoms with Crippen LogP contribution < -0.4 is 0 Å². The van der Waals surface area contributed by atoms with Crippen molar-refractivity contribution in [1.29, 1.82) is 0 Å². The number of likely N-dealkylation sites (tertiary alicyclic amines) is 1. The van der Waals surface area contributed by atoms with Crippen LogP contribution in [0.1, 0.15) is 33.1 Å². The first-order valence-corrected chi connectivity index (χ1v) is 5.59. The second kappa shape index (κ2) is 4.97. The molecule has 1 fully saturated rings. The van der Waals surface area contributed by atoms with Crippen molar-refractivity contribution in [1.82, 2.24) is 9.80 Å². The molecule has 1 atom stereocenters. The molecule has 1 heterocycles. The van der Waals surface area contributed by atoms with Crippen LogP contribution in [-0.2, 0) is 0 Å². The average molecular weight is 184 g/mol. The molecule has 0 aromatic heterocycles. The van der Waals surface area contributed by atoms with Crippen molar-refractivity contribution in [3.05, 3.63) is 0 Å². The third kappa shape index (κ3) is 2.68. The molecule has 1 rings (SSSR count). The van der Waals surface area contributed by atoms with E-state index in [9.17, 15) is 0 Å². The Bertz CT molecular complexity index is 141. The molecular weight excluding hydrogens is 160 g/mol. The second-order valence-electron chi connectivity index (χ2n) is 4.37. The molecule has 0 saturated carbocycles. The summed E-state index contributed by atoms with van der Waals surface area (Å²) in [6, 6.07) is 1.62. The van der Waals surface area contributed by atoms with Gasteiger partial charge in [-0.25, -0.2) is 0 Å². The summed E-state index contributed by atoms with van der Waals surface area (Å²) < 4.78 is 0. The van der Waals surface area contributed by atoms with E-state index in [2.05, 4.69) is 37.7 Å².